The average Bonchev–Trinajstić information content (AvgIpc) is 2.97. The van der Waals surface area contributed by atoms with Crippen LogP contribution in [0.2, 0.25) is 0 Å². The first kappa shape index (κ1) is 22.8. The van der Waals surface area contributed by atoms with Gasteiger partial charge in [0.1, 0.15) is 9.84 Å². The topological polar surface area (TPSA) is 79.5 Å². The second kappa shape index (κ2) is 9.09. The van der Waals surface area contributed by atoms with Crippen LogP contribution in [-0.4, -0.2) is 49.7 Å². The number of halogens is 2. The highest BCUT2D eigenvalue weighted by Crippen LogP contribution is 2.33. The first-order chi connectivity index (χ1) is 14.7. The van der Waals surface area contributed by atoms with Crippen molar-refractivity contribution in [1.82, 2.24) is 9.13 Å². The number of para-hydroxylation sites is 2. The Balaban J connectivity index is 2.29. The largest absolute Gasteiger partial charge is 0.493 e. The van der Waals surface area contributed by atoms with Gasteiger partial charge in [-0.2, -0.15) is 0 Å². The Bertz CT molecular complexity index is 1230. The summed E-state index contributed by atoms with van der Waals surface area (Å²) in [6, 6.07) is 10.4. The van der Waals surface area contributed by atoms with E-state index in [1.54, 1.807) is 49.4 Å². The van der Waals surface area contributed by atoms with Crippen molar-refractivity contribution in [3.05, 3.63) is 58.5 Å². The molecule has 3 aromatic rings. The number of nitrogens with zero attached hydrogens (tertiary/aromatic N) is 2. The van der Waals surface area contributed by atoms with Gasteiger partial charge in [0.2, 0.25) is 0 Å². The van der Waals surface area contributed by atoms with E-state index in [1.807, 2.05) is 0 Å². The summed E-state index contributed by atoms with van der Waals surface area (Å²) in [5, 5.41) is 0. The third kappa shape index (κ3) is 4.90. The molecule has 10 heteroatoms. The molecule has 0 fully saturated rings. The lowest BCUT2D eigenvalue weighted by molar-refractivity contribution is 0.126. The summed E-state index contributed by atoms with van der Waals surface area (Å²) in [7, 11) is -2.07. The van der Waals surface area contributed by atoms with Crippen molar-refractivity contribution >= 4 is 20.9 Å². The van der Waals surface area contributed by atoms with E-state index in [2.05, 4.69) is 0 Å². The zero-order valence-corrected chi connectivity index (χ0v) is 18.2. The van der Waals surface area contributed by atoms with Crippen LogP contribution in [0.15, 0.2) is 47.3 Å². The standard InChI is InChI=1S/C21H24F2N2O5S/c1-4-30-19-11-14(9-10-18(19)29-2)17(13-31(3,27)28)25-16-8-6-5-7-15(16)24(21(25)26)12-20(22)23/h5-11,17,20H,4,12-13H2,1-3H3/t17-/m0/s1. The lowest BCUT2D eigenvalue weighted by Crippen LogP contribution is -2.32. The van der Waals surface area contributed by atoms with Crippen LogP contribution in [-0.2, 0) is 16.4 Å². The van der Waals surface area contributed by atoms with Crippen LogP contribution < -0.4 is 15.2 Å². The minimum Gasteiger partial charge on any atom is -0.493 e. The normalized spacial score (nSPS) is 13.0. The van der Waals surface area contributed by atoms with Crippen molar-refractivity contribution in [2.24, 2.45) is 0 Å². The molecule has 168 valence electrons. The molecular weight excluding hydrogens is 430 g/mol. The van der Waals surface area contributed by atoms with E-state index in [1.165, 1.54) is 11.7 Å². The van der Waals surface area contributed by atoms with Gasteiger partial charge in [-0.25, -0.2) is 22.0 Å². The average molecular weight is 454 g/mol. The molecule has 1 aromatic heterocycles. The number of sulfone groups is 1. The highest BCUT2D eigenvalue weighted by molar-refractivity contribution is 7.90. The van der Waals surface area contributed by atoms with Crippen molar-refractivity contribution in [1.29, 1.82) is 0 Å². The quantitative estimate of drug-likeness (QED) is 0.496. The number of methoxy groups -OCH3 is 1. The summed E-state index contributed by atoms with van der Waals surface area (Å²) in [6.07, 6.45) is -1.67. The van der Waals surface area contributed by atoms with Crippen LogP contribution in [0.5, 0.6) is 11.5 Å². The summed E-state index contributed by atoms with van der Waals surface area (Å²) in [4.78, 5) is 13.2. The minimum absolute atomic E-state index is 0.310. The van der Waals surface area contributed by atoms with Crippen LogP contribution in [0.25, 0.3) is 11.0 Å². The van der Waals surface area contributed by atoms with E-state index >= 15 is 0 Å². The molecule has 0 saturated carbocycles. The first-order valence-corrected chi connectivity index (χ1v) is 11.7. The maximum Gasteiger partial charge on any atom is 0.329 e. The molecule has 0 amide bonds. The highest BCUT2D eigenvalue weighted by Gasteiger charge is 2.27. The molecule has 0 aliphatic heterocycles. The van der Waals surface area contributed by atoms with Crippen molar-refractivity contribution in [2.45, 2.75) is 25.9 Å². The smallest absolute Gasteiger partial charge is 0.329 e. The summed E-state index contributed by atoms with van der Waals surface area (Å²) in [6.45, 7) is 1.36. The van der Waals surface area contributed by atoms with E-state index in [-0.39, 0.29) is 0 Å². The van der Waals surface area contributed by atoms with Crippen LogP contribution in [0, 0.1) is 0 Å². The van der Waals surface area contributed by atoms with E-state index in [0.29, 0.717) is 34.7 Å². The molecule has 2 aromatic carbocycles. The van der Waals surface area contributed by atoms with Gasteiger partial charge < -0.3 is 9.47 Å². The fourth-order valence-electron chi connectivity index (χ4n) is 3.62. The molecule has 0 unspecified atom stereocenters. The van der Waals surface area contributed by atoms with Gasteiger partial charge in [0.15, 0.2) is 11.5 Å². The van der Waals surface area contributed by atoms with Gasteiger partial charge in [-0.1, -0.05) is 18.2 Å². The second-order valence-electron chi connectivity index (χ2n) is 7.09. The molecule has 0 bridgehead atoms. The molecule has 3 rings (SSSR count). The molecule has 31 heavy (non-hydrogen) atoms. The molecule has 7 nitrogen and oxygen atoms in total. The number of hydrogen-bond donors (Lipinski definition) is 0. The highest BCUT2D eigenvalue weighted by atomic mass is 32.2. The van der Waals surface area contributed by atoms with Crippen molar-refractivity contribution in [3.63, 3.8) is 0 Å². The zero-order valence-electron chi connectivity index (χ0n) is 17.4. The molecule has 0 saturated heterocycles. The Kier molecular flexibility index (Phi) is 6.68. The van der Waals surface area contributed by atoms with Gasteiger partial charge in [-0.15, -0.1) is 0 Å². The predicted molar refractivity (Wildman–Crippen MR) is 114 cm³/mol. The summed E-state index contributed by atoms with van der Waals surface area (Å²) < 4.78 is 63.9. The Labute approximate surface area is 178 Å². The second-order valence-corrected chi connectivity index (χ2v) is 9.28. The third-order valence-corrected chi connectivity index (χ3v) is 5.76. The lowest BCUT2D eigenvalue weighted by Gasteiger charge is -2.20. The molecule has 0 radical (unpaired) electrons. The lowest BCUT2D eigenvalue weighted by atomic mass is 10.1. The zero-order chi connectivity index (χ0) is 22.8. The SMILES string of the molecule is CCOc1cc([C@H](CS(C)(=O)=O)n2c(=O)n(CC(F)F)c3ccccc32)ccc1OC. The maximum atomic E-state index is 13.2. The summed E-state index contributed by atoms with van der Waals surface area (Å²) in [5.74, 6) is 0.453. The van der Waals surface area contributed by atoms with Crippen LogP contribution in [0.3, 0.4) is 0 Å². The van der Waals surface area contributed by atoms with Crippen LogP contribution in [0.1, 0.15) is 18.5 Å². The van der Waals surface area contributed by atoms with Crippen molar-refractivity contribution in [2.75, 3.05) is 25.7 Å². The van der Waals surface area contributed by atoms with Gasteiger partial charge in [0.25, 0.3) is 6.43 Å². The molecule has 0 spiro atoms. The number of rotatable bonds is 9. The number of imidazole rings is 1. The van der Waals surface area contributed by atoms with Gasteiger partial charge in [-0.3, -0.25) is 9.13 Å². The number of benzene rings is 2. The molecule has 0 aliphatic carbocycles. The molecule has 0 N–H and O–H groups in total. The maximum absolute atomic E-state index is 13.2. The number of aromatic nitrogens is 2. The number of hydrogen-bond acceptors (Lipinski definition) is 5. The van der Waals surface area contributed by atoms with Gasteiger partial charge in [0, 0.05) is 6.26 Å². The number of fused-ring (bicyclic) bond motifs is 1. The van der Waals surface area contributed by atoms with E-state index in [0.717, 1.165) is 10.8 Å². The Morgan fingerprint density at radius 1 is 1.06 bits per heavy atom. The van der Waals surface area contributed by atoms with Crippen molar-refractivity contribution < 1.29 is 26.7 Å². The fraction of sp³-hybridized carbons (Fsp3) is 0.381. The minimum atomic E-state index is -3.55. The fourth-order valence-corrected chi connectivity index (χ4v) is 4.54. The molecular formula is C21H24F2N2O5S. The predicted octanol–water partition coefficient (Wildman–Crippen LogP) is 3.11. The van der Waals surface area contributed by atoms with Crippen molar-refractivity contribution in [3.8, 4) is 11.5 Å². The van der Waals surface area contributed by atoms with E-state index in [4.69, 9.17) is 9.47 Å². The van der Waals surface area contributed by atoms with E-state index in [9.17, 15) is 22.0 Å². The van der Waals surface area contributed by atoms with Gasteiger partial charge in [0.05, 0.1) is 43.1 Å². The number of alkyl halides is 2. The van der Waals surface area contributed by atoms with Gasteiger partial charge in [-0.05, 0) is 36.8 Å². The Morgan fingerprint density at radius 2 is 1.74 bits per heavy atom. The number of ether oxygens (including phenoxy) is 2. The molecule has 0 aliphatic rings. The van der Waals surface area contributed by atoms with E-state index < -0.39 is 40.3 Å². The third-order valence-electron chi connectivity index (χ3n) is 4.83. The van der Waals surface area contributed by atoms with Crippen LogP contribution >= 0.6 is 0 Å². The summed E-state index contributed by atoms with van der Waals surface area (Å²) >= 11 is 0. The molecule has 1 heterocycles. The Hall–Kier alpha value is -2.88. The van der Waals surface area contributed by atoms with Crippen LogP contribution in [0.4, 0.5) is 8.78 Å². The first-order valence-electron chi connectivity index (χ1n) is 9.62. The monoisotopic (exact) mass is 454 g/mol. The summed E-state index contributed by atoms with van der Waals surface area (Å²) in [5.41, 5.74) is 0.459. The molecule has 1 atom stereocenters. The van der Waals surface area contributed by atoms with Gasteiger partial charge >= 0.3 is 5.69 Å². The Morgan fingerprint density at radius 3 is 2.32 bits per heavy atom.